The molecule has 2 rings (SSSR count). The molecule has 4 nitrogen and oxygen atoms in total. The lowest BCUT2D eigenvalue weighted by molar-refractivity contribution is -0.137. The maximum absolute atomic E-state index is 11.3. The van der Waals surface area contributed by atoms with Crippen molar-refractivity contribution >= 4 is 12.0 Å². The van der Waals surface area contributed by atoms with E-state index < -0.39 is 5.97 Å². The van der Waals surface area contributed by atoms with Crippen LogP contribution in [0.4, 0.5) is 0 Å². The molecule has 2 aromatic carbocycles. The lowest BCUT2D eigenvalue weighted by Crippen LogP contribution is -1.99. The van der Waals surface area contributed by atoms with Crippen molar-refractivity contribution in [3.05, 3.63) is 71.3 Å². The number of ether oxygens (including phenoxy) is 2. The van der Waals surface area contributed by atoms with Gasteiger partial charge in [-0.25, -0.2) is 4.79 Å². The third-order valence-corrected chi connectivity index (χ3v) is 3.06. The van der Waals surface area contributed by atoms with Gasteiger partial charge in [0.25, 0.3) is 0 Å². The normalized spacial score (nSPS) is 10.3. The highest BCUT2D eigenvalue weighted by molar-refractivity contribution is 5.87. The van der Waals surface area contributed by atoms with E-state index in [9.17, 15) is 10.1 Å². The van der Waals surface area contributed by atoms with Gasteiger partial charge in [0.05, 0.1) is 12.2 Å². The first-order valence-electron chi connectivity index (χ1n) is 7.28. The quantitative estimate of drug-likeness (QED) is 0.603. The second-order valence-corrected chi connectivity index (χ2v) is 4.73. The topological polar surface area (TPSA) is 59.3 Å². The van der Waals surface area contributed by atoms with E-state index in [1.54, 1.807) is 31.2 Å². The molecule has 0 aliphatic carbocycles. The summed E-state index contributed by atoms with van der Waals surface area (Å²) in [7, 11) is 0. The molecule has 116 valence electrons. The molecule has 23 heavy (non-hydrogen) atoms. The molecule has 0 bridgehead atoms. The summed E-state index contributed by atoms with van der Waals surface area (Å²) in [6.45, 7) is 2.46. The van der Waals surface area contributed by atoms with Gasteiger partial charge < -0.3 is 9.47 Å². The lowest BCUT2D eigenvalue weighted by atomic mass is 10.1. The minimum atomic E-state index is -0.399. The number of benzene rings is 2. The molecule has 0 amide bonds. The second-order valence-electron chi connectivity index (χ2n) is 4.73. The largest absolute Gasteiger partial charge is 0.488 e. The molecule has 4 heteroatoms. The number of rotatable bonds is 6. The fourth-order valence-corrected chi connectivity index (χ4v) is 1.94. The van der Waals surface area contributed by atoms with Gasteiger partial charge in [0.2, 0.25) is 0 Å². The lowest BCUT2D eigenvalue weighted by Gasteiger charge is -2.09. The number of carbonyl (C=O) groups excluding carboxylic acids is 1. The highest BCUT2D eigenvalue weighted by Gasteiger charge is 2.05. The fraction of sp³-hybridized carbons (Fsp3) is 0.158. The number of carbonyl (C=O) groups is 1. The summed E-state index contributed by atoms with van der Waals surface area (Å²) < 4.78 is 10.6. The van der Waals surface area contributed by atoms with E-state index in [0.29, 0.717) is 24.5 Å². The van der Waals surface area contributed by atoms with E-state index in [1.807, 2.05) is 30.3 Å². The second kappa shape index (κ2) is 8.40. The number of hydrogen-bond donors (Lipinski definition) is 0. The summed E-state index contributed by atoms with van der Waals surface area (Å²) in [5, 5.41) is 9.17. The van der Waals surface area contributed by atoms with Crippen LogP contribution in [0.15, 0.2) is 54.6 Å². The van der Waals surface area contributed by atoms with Gasteiger partial charge in [-0.05, 0) is 36.3 Å². The summed E-state index contributed by atoms with van der Waals surface area (Å²) in [5.74, 6) is 0.0889. The molecule has 0 aromatic heterocycles. The molecule has 0 N–H and O–H groups in total. The summed E-state index contributed by atoms with van der Waals surface area (Å²) in [5.41, 5.74) is 2.23. The molecule has 0 spiro atoms. The Morgan fingerprint density at radius 1 is 1.22 bits per heavy atom. The molecular weight excluding hydrogens is 290 g/mol. The average Bonchev–Trinajstić information content (AvgIpc) is 2.59. The molecule has 2 aromatic rings. The predicted octanol–water partition coefficient (Wildman–Crippen LogP) is 3.71. The number of nitrogens with zero attached hydrogens (tertiary/aromatic N) is 1. The van der Waals surface area contributed by atoms with Gasteiger partial charge >= 0.3 is 5.97 Å². The van der Waals surface area contributed by atoms with E-state index in [1.165, 1.54) is 6.08 Å². The van der Waals surface area contributed by atoms with Crippen LogP contribution in [0.2, 0.25) is 0 Å². The number of hydrogen-bond acceptors (Lipinski definition) is 4. The van der Waals surface area contributed by atoms with Crippen LogP contribution < -0.4 is 4.74 Å². The van der Waals surface area contributed by atoms with Crippen molar-refractivity contribution in [3.63, 3.8) is 0 Å². The average molecular weight is 307 g/mol. The summed E-state index contributed by atoms with van der Waals surface area (Å²) in [4.78, 5) is 11.3. The first-order chi connectivity index (χ1) is 11.2. The van der Waals surface area contributed by atoms with Crippen LogP contribution in [-0.4, -0.2) is 12.6 Å². The SMILES string of the molecule is CCOC(=O)C=Cc1ccc(C#N)c(OCc2ccccc2)c1. The Balaban J connectivity index is 2.12. The van der Waals surface area contributed by atoms with Gasteiger partial charge in [-0.15, -0.1) is 0 Å². The van der Waals surface area contributed by atoms with Crippen molar-refractivity contribution in [2.24, 2.45) is 0 Å². The molecule has 0 saturated heterocycles. The zero-order valence-corrected chi connectivity index (χ0v) is 12.9. The monoisotopic (exact) mass is 307 g/mol. The van der Waals surface area contributed by atoms with Gasteiger partial charge in [-0.3, -0.25) is 0 Å². The number of esters is 1. The molecule has 0 radical (unpaired) electrons. The van der Waals surface area contributed by atoms with Crippen LogP contribution in [-0.2, 0) is 16.1 Å². The van der Waals surface area contributed by atoms with Crippen molar-refractivity contribution in [1.82, 2.24) is 0 Å². The van der Waals surface area contributed by atoms with Crippen molar-refractivity contribution < 1.29 is 14.3 Å². The van der Waals surface area contributed by atoms with E-state index in [-0.39, 0.29) is 0 Å². The molecule has 0 aliphatic rings. The van der Waals surface area contributed by atoms with Crippen molar-refractivity contribution in [2.75, 3.05) is 6.61 Å². The van der Waals surface area contributed by atoms with Gasteiger partial charge in [-0.1, -0.05) is 36.4 Å². The summed E-state index contributed by atoms with van der Waals surface area (Å²) in [6.07, 6.45) is 2.99. The molecule has 0 fully saturated rings. The Morgan fingerprint density at radius 3 is 2.70 bits per heavy atom. The Labute approximate surface area is 135 Å². The third kappa shape index (κ3) is 5.01. The standard InChI is InChI=1S/C19H17NO3/c1-2-22-19(21)11-9-15-8-10-17(13-20)18(12-15)23-14-16-6-4-3-5-7-16/h3-12H,2,14H2,1H3. The van der Waals surface area contributed by atoms with Crippen LogP contribution in [0, 0.1) is 11.3 Å². The fourth-order valence-electron chi connectivity index (χ4n) is 1.94. The first kappa shape index (κ1) is 16.3. The van der Waals surface area contributed by atoms with Crippen LogP contribution >= 0.6 is 0 Å². The predicted molar refractivity (Wildman–Crippen MR) is 87.6 cm³/mol. The molecular formula is C19H17NO3. The Morgan fingerprint density at radius 2 is 2.00 bits per heavy atom. The Kier molecular flexibility index (Phi) is 5.96. The minimum absolute atomic E-state index is 0.335. The van der Waals surface area contributed by atoms with E-state index >= 15 is 0 Å². The van der Waals surface area contributed by atoms with Crippen LogP contribution in [0.3, 0.4) is 0 Å². The molecule has 0 atom stereocenters. The van der Waals surface area contributed by atoms with Crippen molar-refractivity contribution in [1.29, 1.82) is 5.26 Å². The highest BCUT2D eigenvalue weighted by atomic mass is 16.5. The summed E-state index contributed by atoms with van der Waals surface area (Å²) >= 11 is 0. The number of nitriles is 1. The Hall–Kier alpha value is -3.06. The smallest absolute Gasteiger partial charge is 0.330 e. The van der Waals surface area contributed by atoms with Gasteiger partial charge in [0.1, 0.15) is 18.4 Å². The highest BCUT2D eigenvalue weighted by Crippen LogP contribution is 2.22. The maximum Gasteiger partial charge on any atom is 0.330 e. The van der Waals surface area contributed by atoms with Gasteiger partial charge in [0, 0.05) is 6.08 Å². The van der Waals surface area contributed by atoms with Gasteiger partial charge in [0.15, 0.2) is 0 Å². The maximum atomic E-state index is 11.3. The molecule has 0 heterocycles. The third-order valence-electron chi connectivity index (χ3n) is 3.06. The molecule has 0 saturated carbocycles. The van der Waals surface area contributed by atoms with Crippen molar-refractivity contribution in [3.8, 4) is 11.8 Å². The van der Waals surface area contributed by atoms with E-state index in [4.69, 9.17) is 9.47 Å². The molecule has 0 unspecified atom stereocenters. The van der Waals surface area contributed by atoms with Gasteiger partial charge in [-0.2, -0.15) is 5.26 Å². The van der Waals surface area contributed by atoms with E-state index in [0.717, 1.165) is 11.1 Å². The van der Waals surface area contributed by atoms with Crippen LogP contribution in [0.25, 0.3) is 6.08 Å². The zero-order valence-electron chi connectivity index (χ0n) is 12.9. The molecule has 0 aliphatic heterocycles. The van der Waals surface area contributed by atoms with E-state index in [2.05, 4.69) is 6.07 Å². The van der Waals surface area contributed by atoms with Crippen molar-refractivity contribution in [2.45, 2.75) is 13.5 Å². The zero-order chi connectivity index (χ0) is 16.5. The van der Waals surface area contributed by atoms with Crippen LogP contribution in [0.1, 0.15) is 23.6 Å². The minimum Gasteiger partial charge on any atom is -0.488 e. The Bertz CT molecular complexity index is 730. The van der Waals surface area contributed by atoms with Crippen LogP contribution in [0.5, 0.6) is 5.75 Å². The first-order valence-corrected chi connectivity index (χ1v) is 7.28. The summed E-state index contributed by atoms with van der Waals surface area (Å²) in [6, 6.07) is 17.0.